The number of hydrogen-bond acceptors (Lipinski definition) is 18. The van der Waals surface area contributed by atoms with Crippen LogP contribution in [0, 0.1) is 23.7 Å². The van der Waals surface area contributed by atoms with Gasteiger partial charge in [-0.3, -0.25) is 36.2 Å². The highest BCUT2D eigenvalue weighted by atomic mass is 31.2. The molecule has 68 heavy (non-hydrogen) atoms. The molecule has 0 amide bonds. The Kier molecular flexibility index (Phi) is 24.5. The topological polar surface area (TPSA) is 300 Å². The van der Waals surface area contributed by atoms with Crippen LogP contribution in [0.3, 0.4) is 0 Å². The van der Waals surface area contributed by atoms with Crippen molar-refractivity contribution >= 4 is 62.7 Å². The van der Waals surface area contributed by atoms with Crippen LogP contribution in [-0.2, 0) is 73.4 Å². The molecule has 0 saturated carbocycles. The van der Waals surface area contributed by atoms with Crippen LogP contribution in [0.1, 0.15) is 105 Å². The summed E-state index contributed by atoms with van der Waals surface area (Å²) in [6.07, 6.45) is -5.75. The molecule has 4 aliphatic heterocycles. The van der Waals surface area contributed by atoms with E-state index in [1.807, 2.05) is 20.8 Å². The minimum absolute atomic E-state index is 0.201. The van der Waals surface area contributed by atoms with Gasteiger partial charge < -0.3 is 48.7 Å². The first kappa shape index (κ1) is 61.0. The first-order valence-corrected chi connectivity index (χ1v) is 29.3. The molecule has 30 heteroatoms. The SMILES string of the molecule is [B][C@@H]1O[C@H](CC)[C@H](OP(=O)(O)OC[C@H]2O[C@@H]([B])[C@@H](O)C2OP(=O)(O)OC[C@H]2O[C@@H]([B])[C@@H](CC[C@@H](C)CCCC)C2OP(=O)(O)OC[C@H]2O[C@@H]([B])[C@@H](O)C2OP(=O)(O)OC)[C@@H]1CC[C@H](CC)CCC. The molecular weight excluding hydrogens is 976 g/mol. The van der Waals surface area contributed by atoms with Crippen LogP contribution in [0.15, 0.2) is 0 Å². The Labute approximate surface area is 405 Å². The van der Waals surface area contributed by atoms with E-state index in [-0.39, 0.29) is 5.92 Å². The minimum Gasteiger partial charge on any atom is -0.388 e. The van der Waals surface area contributed by atoms with Crippen molar-refractivity contribution in [2.24, 2.45) is 23.7 Å². The highest BCUT2D eigenvalue weighted by Gasteiger charge is 2.52. The van der Waals surface area contributed by atoms with Crippen LogP contribution < -0.4 is 0 Å². The molecule has 0 spiro atoms. The molecule has 7 unspecified atom stereocenters. The van der Waals surface area contributed by atoms with E-state index in [1.54, 1.807) is 0 Å². The highest BCUT2D eigenvalue weighted by Crippen LogP contribution is 2.54. The molecular formula is C38H70B4O22P4. The highest BCUT2D eigenvalue weighted by molar-refractivity contribution is 7.48. The molecule has 4 saturated heterocycles. The Balaban J connectivity index is 1.43. The maximum atomic E-state index is 13.5. The summed E-state index contributed by atoms with van der Waals surface area (Å²) in [7, 11) is 5.11. The third kappa shape index (κ3) is 17.8. The number of ether oxygens (including phenoxy) is 4. The Bertz CT molecular complexity index is 1730. The Morgan fingerprint density at radius 1 is 0.529 bits per heavy atom. The lowest BCUT2D eigenvalue weighted by Crippen LogP contribution is -2.37. The number of hydrogen-bond donors (Lipinski definition) is 6. The first-order valence-electron chi connectivity index (χ1n) is 23.3. The average Bonchev–Trinajstić information content (AvgIpc) is 3.92. The number of phosphoric ester groups is 4. The smallest absolute Gasteiger partial charge is 0.388 e. The molecule has 22 atom stereocenters. The minimum atomic E-state index is -5.27. The summed E-state index contributed by atoms with van der Waals surface area (Å²) in [5, 5.41) is 21.2. The number of aliphatic hydroxyl groups is 2. The van der Waals surface area contributed by atoms with Gasteiger partial charge in [0.25, 0.3) is 0 Å². The van der Waals surface area contributed by atoms with E-state index < -0.39 is 148 Å². The third-order valence-electron chi connectivity index (χ3n) is 12.9. The first-order chi connectivity index (χ1) is 31.8. The van der Waals surface area contributed by atoms with Gasteiger partial charge in [-0.15, -0.1) is 0 Å². The van der Waals surface area contributed by atoms with E-state index >= 15 is 0 Å². The number of phosphoric acid groups is 4. The zero-order valence-electron chi connectivity index (χ0n) is 39.6. The standard InChI is InChI=1S/C38H70B4O22P4/c1-7-11-13-21(5)14-16-23-32(62-67(49,50)56-19-27-33(29(43)37(41)59-27)63-65(45,46)53-6)26(58-36(23)40)18-54-68(51,52)64-34-28(60-38(42)30(34)44)20-55-66(47,48)61-31-24(35(39)57-25(31)10-4)17-15-22(9-3)12-8-2/h21-38,43-44H,7-20H2,1-6H3,(H,45,46)(H,47,48)(H,49,50)(H,51,52)/t21-,22+,23-,24-,25+,26+,27+,28+,29-,30-,31+,32?,33?,34?,35+,36+,37+,38+/m0/s1. The van der Waals surface area contributed by atoms with Gasteiger partial charge in [0.15, 0.2) is 0 Å². The second kappa shape index (κ2) is 27.3. The van der Waals surface area contributed by atoms with Crippen molar-refractivity contribution in [3.05, 3.63) is 0 Å². The van der Waals surface area contributed by atoms with Gasteiger partial charge in [-0.1, -0.05) is 86.0 Å². The Hall–Kier alpha value is 0.460. The molecule has 6 N–H and O–H groups in total. The fourth-order valence-corrected chi connectivity index (χ4v) is 12.6. The fraction of sp³-hybridized carbons (Fsp3) is 1.00. The monoisotopic (exact) mass is 1050 g/mol. The van der Waals surface area contributed by atoms with Crippen molar-refractivity contribution in [2.45, 2.75) is 190 Å². The van der Waals surface area contributed by atoms with Crippen LogP contribution in [0.2, 0.25) is 0 Å². The molecule has 4 rings (SSSR count). The number of aliphatic hydroxyl groups excluding tert-OH is 2. The zero-order chi connectivity index (χ0) is 50.8. The number of rotatable bonds is 31. The van der Waals surface area contributed by atoms with Crippen molar-refractivity contribution in [1.82, 2.24) is 0 Å². The van der Waals surface area contributed by atoms with E-state index in [9.17, 15) is 48.0 Å². The van der Waals surface area contributed by atoms with Crippen LogP contribution in [0.5, 0.6) is 0 Å². The van der Waals surface area contributed by atoms with Crippen LogP contribution in [0.4, 0.5) is 0 Å². The van der Waals surface area contributed by atoms with E-state index in [0.29, 0.717) is 31.6 Å². The van der Waals surface area contributed by atoms with Gasteiger partial charge in [0.2, 0.25) is 0 Å². The van der Waals surface area contributed by atoms with Gasteiger partial charge in [0.05, 0.1) is 25.9 Å². The van der Waals surface area contributed by atoms with E-state index in [4.69, 9.17) is 82.0 Å². The molecule has 0 aromatic heterocycles. The lowest BCUT2D eigenvalue weighted by Gasteiger charge is -2.29. The second-order valence-electron chi connectivity index (χ2n) is 18.0. The van der Waals surface area contributed by atoms with Crippen molar-refractivity contribution in [1.29, 1.82) is 0 Å². The van der Waals surface area contributed by atoms with Crippen molar-refractivity contribution < 1.29 is 103 Å². The predicted molar refractivity (Wildman–Crippen MR) is 246 cm³/mol. The van der Waals surface area contributed by atoms with Gasteiger partial charge in [-0.25, -0.2) is 18.3 Å². The Morgan fingerprint density at radius 3 is 1.35 bits per heavy atom. The lowest BCUT2D eigenvalue weighted by atomic mass is 9.79. The summed E-state index contributed by atoms with van der Waals surface area (Å²) in [5.74, 6) is -0.603. The molecule has 386 valence electrons. The van der Waals surface area contributed by atoms with Crippen molar-refractivity contribution in [2.75, 3.05) is 26.9 Å². The molecule has 4 aliphatic rings. The van der Waals surface area contributed by atoms with E-state index in [0.717, 1.165) is 52.1 Å². The molecule has 8 radical (unpaired) electrons. The zero-order valence-corrected chi connectivity index (χ0v) is 43.2. The molecule has 0 aliphatic carbocycles. The molecule has 0 aromatic rings. The summed E-state index contributed by atoms with van der Waals surface area (Å²) in [6, 6.07) is -4.84. The number of unbranched alkanes of at least 4 members (excludes halogenated alkanes) is 1. The summed E-state index contributed by atoms with van der Waals surface area (Å²) in [5.41, 5.74) is 0. The van der Waals surface area contributed by atoms with Crippen LogP contribution >= 0.6 is 31.3 Å². The van der Waals surface area contributed by atoms with Gasteiger partial charge in [-0.2, -0.15) is 0 Å². The maximum absolute atomic E-state index is 13.5. The molecule has 4 fully saturated rings. The van der Waals surface area contributed by atoms with Crippen molar-refractivity contribution in [3.8, 4) is 0 Å². The van der Waals surface area contributed by atoms with Crippen LogP contribution in [0.25, 0.3) is 0 Å². The van der Waals surface area contributed by atoms with Gasteiger partial charge in [-0.05, 0) is 31.1 Å². The molecule has 4 heterocycles. The molecule has 0 aromatic carbocycles. The Morgan fingerprint density at radius 2 is 0.926 bits per heavy atom. The summed E-state index contributed by atoms with van der Waals surface area (Å²) in [4.78, 5) is 42.6. The average molecular weight is 1050 g/mol. The van der Waals surface area contributed by atoms with Crippen LogP contribution in [-0.4, -0.2) is 173 Å². The lowest BCUT2D eigenvalue weighted by molar-refractivity contribution is -0.0391. The summed E-state index contributed by atoms with van der Waals surface area (Å²) < 4.78 is 117. The molecule has 0 bridgehead atoms. The fourth-order valence-electron chi connectivity index (χ4n) is 8.97. The maximum Gasteiger partial charge on any atom is 0.472 e. The van der Waals surface area contributed by atoms with Gasteiger partial charge in [0, 0.05) is 43.0 Å². The largest absolute Gasteiger partial charge is 0.472 e. The quantitative estimate of drug-likeness (QED) is 0.0425. The van der Waals surface area contributed by atoms with Crippen molar-refractivity contribution in [3.63, 3.8) is 0 Å². The molecule has 22 nitrogen and oxygen atoms in total. The predicted octanol–water partition coefficient (Wildman–Crippen LogP) is 3.78. The van der Waals surface area contributed by atoms with E-state index in [1.165, 1.54) is 0 Å². The summed E-state index contributed by atoms with van der Waals surface area (Å²) in [6.45, 7) is 7.57. The normalized spacial score (nSPS) is 38.7. The van der Waals surface area contributed by atoms with Gasteiger partial charge in [0.1, 0.15) is 86.3 Å². The second-order valence-corrected chi connectivity index (χ2v) is 23.7. The summed E-state index contributed by atoms with van der Waals surface area (Å²) >= 11 is 0. The third-order valence-corrected chi connectivity index (χ3v) is 16.8. The van der Waals surface area contributed by atoms with Gasteiger partial charge >= 0.3 is 31.3 Å². The van der Waals surface area contributed by atoms with E-state index in [2.05, 4.69) is 18.4 Å².